The number of benzene rings is 1. The molecule has 24 heavy (non-hydrogen) atoms. The van der Waals surface area contributed by atoms with Crippen molar-refractivity contribution in [3.05, 3.63) is 35.6 Å². The van der Waals surface area contributed by atoms with Crippen LogP contribution in [0.2, 0.25) is 0 Å². The van der Waals surface area contributed by atoms with Crippen molar-refractivity contribution in [2.45, 2.75) is 25.3 Å². The summed E-state index contributed by atoms with van der Waals surface area (Å²) in [6, 6.07) is 5.63. The number of carbonyl (C=O) groups excluding carboxylic acids is 2. The summed E-state index contributed by atoms with van der Waals surface area (Å²) in [4.78, 5) is 26.7. The molecule has 0 aliphatic carbocycles. The summed E-state index contributed by atoms with van der Waals surface area (Å²) in [6.45, 7) is 4.41. The van der Waals surface area contributed by atoms with E-state index in [-0.39, 0.29) is 28.9 Å². The molecule has 7 heteroatoms. The number of rotatable bonds is 6. The van der Waals surface area contributed by atoms with Gasteiger partial charge in [0.25, 0.3) is 0 Å². The Balaban J connectivity index is 2.23. The van der Waals surface area contributed by atoms with E-state index in [1.54, 1.807) is 38.0 Å². The number of methoxy groups -OCH3 is 1. The van der Waals surface area contributed by atoms with Crippen LogP contribution in [0.1, 0.15) is 24.8 Å². The average molecular weight is 354 g/mol. The van der Waals surface area contributed by atoms with Crippen LogP contribution >= 0.6 is 11.8 Å². The molecule has 5 nitrogen and oxygen atoms in total. The van der Waals surface area contributed by atoms with Gasteiger partial charge in [0.2, 0.25) is 11.8 Å². The molecular formula is C17H23FN2O3S. The van der Waals surface area contributed by atoms with Crippen LogP contribution in [0.15, 0.2) is 24.3 Å². The largest absolute Gasteiger partial charge is 0.383 e. The van der Waals surface area contributed by atoms with E-state index in [4.69, 9.17) is 4.74 Å². The Labute approximate surface area is 145 Å². The Morgan fingerprint density at radius 3 is 2.83 bits per heavy atom. The van der Waals surface area contributed by atoms with Crippen LogP contribution in [0.5, 0.6) is 0 Å². The molecular weight excluding hydrogens is 331 g/mol. The Morgan fingerprint density at radius 1 is 1.46 bits per heavy atom. The van der Waals surface area contributed by atoms with Gasteiger partial charge in [-0.1, -0.05) is 26.0 Å². The quantitative estimate of drug-likeness (QED) is 0.796. The summed E-state index contributed by atoms with van der Waals surface area (Å²) < 4.78 is 18.5. The molecule has 1 fully saturated rings. The molecule has 132 valence electrons. The summed E-state index contributed by atoms with van der Waals surface area (Å²) >= 11 is 1.48. The first-order valence-electron chi connectivity index (χ1n) is 7.91. The molecule has 0 aromatic heterocycles. The van der Waals surface area contributed by atoms with Gasteiger partial charge in [0.15, 0.2) is 0 Å². The zero-order chi connectivity index (χ0) is 17.7. The highest BCUT2D eigenvalue weighted by atomic mass is 32.2. The van der Waals surface area contributed by atoms with Crippen molar-refractivity contribution in [1.82, 2.24) is 10.2 Å². The third kappa shape index (κ3) is 4.27. The van der Waals surface area contributed by atoms with Crippen LogP contribution in [-0.4, -0.2) is 48.8 Å². The zero-order valence-corrected chi connectivity index (χ0v) is 14.9. The standard InChI is InChI=1S/C17H23FN2O3S/c1-11(2)16(22)20-14(15(21)19-7-8-23-3)10-24-17(20)12-5-4-6-13(18)9-12/h4-6,9,11,14,17H,7-8,10H2,1-3H3,(H,19,21). The van der Waals surface area contributed by atoms with E-state index < -0.39 is 6.04 Å². The molecule has 2 rings (SSSR count). The summed E-state index contributed by atoms with van der Waals surface area (Å²) in [7, 11) is 1.56. The second-order valence-electron chi connectivity index (χ2n) is 5.94. The van der Waals surface area contributed by atoms with E-state index in [0.717, 1.165) is 0 Å². The van der Waals surface area contributed by atoms with E-state index in [1.165, 1.54) is 23.9 Å². The molecule has 1 aromatic carbocycles. The second-order valence-corrected chi connectivity index (χ2v) is 7.05. The lowest BCUT2D eigenvalue weighted by Gasteiger charge is -2.30. The van der Waals surface area contributed by atoms with Gasteiger partial charge in [-0.25, -0.2) is 4.39 Å². The fraction of sp³-hybridized carbons (Fsp3) is 0.529. The molecule has 1 aliphatic heterocycles. The predicted molar refractivity (Wildman–Crippen MR) is 92.0 cm³/mol. The highest BCUT2D eigenvalue weighted by Gasteiger charge is 2.42. The van der Waals surface area contributed by atoms with Crippen LogP contribution in [0.3, 0.4) is 0 Å². The van der Waals surface area contributed by atoms with E-state index >= 15 is 0 Å². The van der Waals surface area contributed by atoms with Crippen molar-refractivity contribution in [2.24, 2.45) is 5.92 Å². The van der Waals surface area contributed by atoms with Crippen molar-refractivity contribution in [3.63, 3.8) is 0 Å². The van der Waals surface area contributed by atoms with Gasteiger partial charge in [0, 0.05) is 25.3 Å². The number of thioether (sulfide) groups is 1. The lowest BCUT2D eigenvalue weighted by Crippen LogP contribution is -2.49. The maximum Gasteiger partial charge on any atom is 0.243 e. The van der Waals surface area contributed by atoms with Crippen LogP contribution < -0.4 is 5.32 Å². The lowest BCUT2D eigenvalue weighted by molar-refractivity contribution is -0.142. The summed E-state index contributed by atoms with van der Waals surface area (Å²) in [6.07, 6.45) is 0. The third-order valence-corrected chi connectivity index (χ3v) is 5.11. The Kier molecular flexibility index (Phi) is 6.62. The maximum atomic E-state index is 13.6. The number of hydrogen-bond donors (Lipinski definition) is 1. The summed E-state index contributed by atoms with van der Waals surface area (Å²) in [5.41, 5.74) is 0.696. The monoisotopic (exact) mass is 354 g/mol. The first kappa shape index (κ1) is 18.7. The number of nitrogens with one attached hydrogen (secondary N) is 1. The van der Waals surface area contributed by atoms with Crippen molar-refractivity contribution < 1.29 is 18.7 Å². The van der Waals surface area contributed by atoms with Crippen molar-refractivity contribution in [3.8, 4) is 0 Å². The third-order valence-electron chi connectivity index (χ3n) is 3.79. The van der Waals surface area contributed by atoms with Crippen LogP contribution in [0.25, 0.3) is 0 Å². The van der Waals surface area contributed by atoms with Crippen molar-refractivity contribution >= 4 is 23.6 Å². The van der Waals surface area contributed by atoms with Gasteiger partial charge >= 0.3 is 0 Å². The van der Waals surface area contributed by atoms with Crippen molar-refractivity contribution in [2.75, 3.05) is 26.0 Å². The van der Waals surface area contributed by atoms with Crippen LogP contribution in [-0.2, 0) is 14.3 Å². The number of carbonyl (C=O) groups is 2. The Hall–Kier alpha value is -1.60. The maximum absolute atomic E-state index is 13.6. The van der Waals surface area contributed by atoms with E-state index in [9.17, 15) is 14.0 Å². The minimum Gasteiger partial charge on any atom is -0.383 e. The number of ether oxygens (including phenoxy) is 1. The van der Waals surface area contributed by atoms with Crippen molar-refractivity contribution in [1.29, 1.82) is 0 Å². The van der Waals surface area contributed by atoms with E-state index in [1.807, 2.05) is 0 Å². The topological polar surface area (TPSA) is 58.6 Å². The SMILES string of the molecule is COCCNC(=O)C1CSC(c2cccc(F)c2)N1C(=O)C(C)C. The Morgan fingerprint density at radius 2 is 2.21 bits per heavy atom. The van der Waals surface area contributed by atoms with Gasteiger partial charge in [-0.05, 0) is 17.7 Å². The molecule has 0 spiro atoms. The molecule has 1 aromatic rings. The number of nitrogens with zero attached hydrogens (tertiary/aromatic N) is 1. The van der Waals surface area contributed by atoms with Crippen LogP contribution in [0.4, 0.5) is 4.39 Å². The predicted octanol–water partition coefficient (Wildman–Crippen LogP) is 2.19. The minimum atomic E-state index is -0.560. The molecule has 0 saturated carbocycles. The minimum absolute atomic E-state index is 0.110. The zero-order valence-electron chi connectivity index (χ0n) is 14.1. The van der Waals surface area contributed by atoms with E-state index in [0.29, 0.717) is 24.5 Å². The van der Waals surface area contributed by atoms with Gasteiger partial charge < -0.3 is 15.0 Å². The Bertz CT molecular complexity index is 597. The summed E-state index contributed by atoms with van der Waals surface area (Å²) in [5, 5.41) is 2.43. The van der Waals surface area contributed by atoms with Gasteiger partial charge in [-0.2, -0.15) is 0 Å². The number of halogens is 1. The molecule has 1 saturated heterocycles. The molecule has 1 N–H and O–H groups in total. The molecule has 1 heterocycles. The molecule has 1 aliphatic rings. The van der Waals surface area contributed by atoms with Crippen LogP contribution in [0, 0.1) is 11.7 Å². The normalized spacial score (nSPS) is 20.5. The molecule has 2 atom stereocenters. The first-order chi connectivity index (χ1) is 11.5. The number of hydrogen-bond acceptors (Lipinski definition) is 4. The average Bonchev–Trinajstić information content (AvgIpc) is 2.99. The molecule has 2 unspecified atom stereocenters. The van der Waals surface area contributed by atoms with Gasteiger partial charge in [-0.3, -0.25) is 9.59 Å². The van der Waals surface area contributed by atoms with Gasteiger partial charge in [0.05, 0.1) is 6.61 Å². The molecule has 0 radical (unpaired) electrons. The summed E-state index contributed by atoms with van der Waals surface area (Å²) in [5.74, 6) is -0.418. The van der Waals surface area contributed by atoms with Gasteiger partial charge in [-0.15, -0.1) is 11.8 Å². The second kappa shape index (κ2) is 8.48. The highest BCUT2D eigenvalue weighted by molar-refractivity contribution is 7.99. The smallest absolute Gasteiger partial charge is 0.243 e. The van der Waals surface area contributed by atoms with E-state index in [2.05, 4.69) is 5.32 Å². The first-order valence-corrected chi connectivity index (χ1v) is 8.96. The molecule has 2 amide bonds. The lowest BCUT2D eigenvalue weighted by atomic mass is 10.1. The van der Waals surface area contributed by atoms with Gasteiger partial charge in [0.1, 0.15) is 17.2 Å². The molecule has 0 bridgehead atoms. The fourth-order valence-corrected chi connectivity index (χ4v) is 4.01. The highest BCUT2D eigenvalue weighted by Crippen LogP contribution is 2.42. The fourth-order valence-electron chi connectivity index (χ4n) is 2.59. The number of amides is 2.